The molecule has 0 radical (unpaired) electrons. The van der Waals surface area contributed by atoms with Crippen LogP contribution in [0.15, 0.2) is 65.2 Å². The average molecular weight is 437 g/mol. The third kappa shape index (κ3) is 4.13. The van der Waals surface area contributed by atoms with E-state index in [4.69, 9.17) is 14.0 Å². The number of nitrogens with zero attached hydrogens (tertiary/aromatic N) is 2. The van der Waals surface area contributed by atoms with Crippen LogP contribution < -0.4 is 14.8 Å². The van der Waals surface area contributed by atoms with Crippen molar-refractivity contribution in [1.29, 1.82) is 0 Å². The number of para-hydroxylation sites is 2. The maximum atomic E-state index is 13.1. The van der Waals surface area contributed by atoms with Crippen molar-refractivity contribution in [3.63, 3.8) is 0 Å². The summed E-state index contributed by atoms with van der Waals surface area (Å²) in [5.41, 5.74) is 0.664. The molecule has 1 atom stereocenters. The van der Waals surface area contributed by atoms with Crippen LogP contribution in [0.1, 0.15) is 4.88 Å². The van der Waals surface area contributed by atoms with E-state index in [2.05, 4.69) is 15.5 Å². The molecule has 0 bridgehead atoms. The van der Waals surface area contributed by atoms with Crippen molar-refractivity contribution < 1.29 is 23.2 Å². The molecule has 5 rings (SSSR count). The number of thiophene rings is 1. The fourth-order valence-corrected chi connectivity index (χ4v) is 3.93. The first kappa shape index (κ1) is 19.3. The van der Waals surface area contributed by atoms with E-state index < -0.39 is 6.10 Å². The number of carbonyl (C=O) groups excluding carboxylic acids is 1. The monoisotopic (exact) mass is 437 g/mol. The number of aromatic nitrogens is 2. The Bertz CT molecular complexity index is 1220. The second kappa shape index (κ2) is 8.19. The molecule has 4 aromatic rings. The first-order valence-corrected chi connectivity index (χ1v) is 10.3. The Labute approximate surface area is 180 Å². The van der Waals surface area contributed by atoms with Gasteiger partial charge in [-0.25, -0.2) is 4.39 Å². The minimum Gasteiger partial charge on any atom is -0.485 e. The highest BCUT2D eigenvalue weighted by atomic mass is 32.1. The lowest BCUT2D eigenvalue weighted by Gasteiger charge is -2.25. The zero-order valence-electron chi connectivity index (χ0n) is 16.1. The number of hydrogen-bond donors (Lipinski definition) is 1. The van der Waals surface area contributed by atoms with E-state index in [1.54, 1.807) is 24.3 Å². The zero-order chi connectivity index (χ0) is 21.2. The Morgan fingerprint density at radius 3 is 2.74 bits per heavy atom. The number of ether oxygens (including phenoxy) is 2. The lowest BCUT2D eigenvalue weighted by atomic mass is 10.2. The number of hydrogen-bond acceptors (Lipinski definition) is 7. The number of nitrogens with one attached hydrogen (secondary N) is 1. The van der Waals surface area contributed by atoms with E-state index in [0.717, 1.165) is 9.75 Å². The fraction of sp³-hybridized carbons (Fsp3) is 0.136. The first-order valence-electron chi connectivity index (χ1n) is 9.50. The summed E-state index contributed by atoms with van der Waals surface area (Å²) in [6.45, 7) is 0.497. The third-order valence-corrected chi connectivity index (χ3v) is 5.71. The maximum Gasteiger partial charge on any atom is 0.268 e. The predicted molar refractivity (Wildman–Crippen MR) is 111 cm³/mol. The van der Waals surface area contributed by atoms with Gasteiger partial charge in [-0.15, -0.1) is 11.3 Å². The van der Waals surface area contributed by atoms with Gasteiger partial charge in [0.05, 0.1) is 11.4 Å². The number of rotatable bonds is 5. The van der Waals surface area contributed by atoms with Gasteiger partial charge in [0.25, 0.3) is 11.8 Å². The van der Waals surface area contributed by atoms with Crippen LogP contribution >= 0.6 is 11.3 Å². The molecule has 2 aromatic carbocycles. The molecule has 0 fully saturated rings. The molecule has 0 unspecified atom stereocenters. The number of halogens is 1. The van der Waals surface area contributed by atoms with Crippen LogP contribution in [-0.2, 0) is 11.3 Å². The van der Waals surface area contributed by atoms with Crippen LogP contribution in [-0.4, -0.2) is 28.8 Å². The Hall–Kier alpha value is -3.72. The topological polar surface area (TPSA) is 86.5 Å². The normalized spacial score (nSPS) is 14.9. The van der Waals surface area contributed by atoms with Crippen LogP contribution in [0, 0.1) is 5.82 Å². The van der Waals surface area contributed by atoms with Crippen LogP contribution in [0.4, 0.5) is 4.39 Å². The Morgan fingerprint density at radius 1 is 1.10 bits per heavy atom. The summed E-state index contributed by atoms with van der Waals surface area (Å²) in [7, 11) is 0. The maximum absolute atomic E-state index is 13.1. The zero-order valence-corrected chi connectivity index (χ0v) is 16.9. The van der Waals surface area contributed by atoms with E-state index in [0.29, 0.717) is 35.3 Å². The van der Waals surface area contributed by atoms with Gasteiger partial charge in [0.2, 0.25) is 11.9 Å². The summed E-state index contributed by atoms with van der Waals surface area (Å²) < 4.78 is 29.7. The minimum atomic E-state index is -0.705. The molecular weight excluding hydrogens is 421 g/mol. The highest BCUT2D eigenvalue weighted by Gasteiger charge is 2.27. The molecule has 0 spiro atoms. The van der Waals surface area contributed by atoms with Gasteiger partial charge in [-0.1, -0.05) is 17.3 Å². The van der Waals surface area contributed by atoms with Gasteiger partial charge in [-0.3, -0.25) is 4.79 Å². The van der Waals surface area contributed by atoms with E-state index in [-0.39, 0.29) is 18.3 Å². The molecule has 3 heterocycles. The number of benzene rings is 2. The number of carbonyl (C=O) groups is 1. The van der Waals surface area contributed by atoms with E-state index >= 15 is 0 Å². The molecule has 0 saturated carbocycles. The Kier molecular flexibility index (Phi) is 5.09. The van der Waals surface area contributed by atoms with Crippen molar-refractivity contribution in [3.8, 4) is 33.7 Å². The van der Waals surface area contributed by atoms with Crippen molar-refractivity contribution in [2.24, 2.45) is 0 Å². The molecule has 1 aliphatic heterocycles. The smallest absolute Gasteiger partial charge is 0.268 e. The third-order valence-electron chi connectivity index (χ3n) is 4.64. The molecular formula is C22H16FN3O4S. The molecule has 2 aromatic heterocycles. The summed E-state index contributed by atoms with van der Waals surface area (Å²) >= 11 is 1.43. The van der Waals surface area contributed by atoms with Gasteiger partial charge in [0.15, 0.2) is 11.5 Å². The van der Waals surface area contributed by atoms with Crippen molar-refractivity contribution in [1.82, 2.24) is 15.5 Å². The molecule has 0 saturated heterocycles. The Balaban J connectivity index is 1.21. The van der Waals surface area contributed by atoms with Crippen LogP contribution in [0.5, 0.6) is 11.5 Å². The number of fused-ring (bicyclic) bond motifs is 1. The Morgan fingerprint density at radius 2 is 1.90 bits per heavy atom. The summed E-state index contributed by atoms with van der Waals surface area (Å²) in [4.78, 5) is 18.5. The number of amides is 1. The van der Waals surface area contributed by atoms with Gasteiger partial charge >= 0.3 is 0 Å². The molecule has 1 amide bonds. The molecule has 0 aliphatic carbocycles. The molecule has 1 aliphatic rings. The van der Waals surface area contributed by atoms with Crippen molar-refractivity contribution in [2.45, 2.75) is 12.6 Å². The van der Waals surface area contributed by atoms with Crippen LogP contribution in [0.2, 0.25) is 0 Å². The summed E-state index contributed by atoms with van der Waals surface area (Å²) in [5.74, 6) is 1.36. The van der Waals surface area contributed by atoms with Crippen LogP contribution in [0.25, 0.3) is 22.2 Å². The largest absolute Gasteiger partial charge is 0.485 e. The van der Waals surface area contributed by atoms with Gasteiger partial charge in [-0.05, 0) is 48.5 Å². The van der Waals surface area contributed by atoms with Gasteiger partial charge in [-0.2, -0.15) is 4.98 Å². The first-order chi connectivity index (χ1) is 15.2. The summed E-state index contributed by atoms with van der Waals surface area (Å²) in [6, 6.07) is 16.9. The van der Waals surface area contributed by atoms with E-state index in [9.17, 15) is 9.18 Å². The quantitative estimate of drug-likeness (QED) is 0.507. The molecule has 9 heteroatoms. The SMILES string of the molecule is O=C(NCc1ccc(-c2nc(-c3ccc(F)cc3)no2)s1)[C@@H]1COc2ccccc2O1. The van der Waals surface area contributed by atoms with E-state index in [1.165, 1.54) is 23.5 Å². The average Bonchev–Trinajstić information content (AvgIpc) is 3.47. The fourth-order valence-electron chi connectivity index (χ4n) is 3.06. The van der Waals surface area contributed by atoms with Crippen LogP contribution in [0.3, 0.4) is 0 Å². The molecule has 1 N–H and O–H groups in total. The molecule has 31 heavy (non-hydrogen) atoms. The van der Waals surface area contributed by atoms with Crippen molar-refractivity contribution in [3.05, 3.63) is 71.4 Å². The van der Waals surface area contributed by atoms with E-state index in [1.807, 2.05) is 24.3 Å². The van der Waals surface area contributed by atoms with Crippen molar-refractivity contribution in [2.75, 3.05) is 6.61 Å². The second-order valence-corrected chi connectivity index (χ2v) is 7.95. The summed E-state index contributed by atoms with van der Waals surface area (Å²) in [5, 5.41) is 6.82. The molecule has 156 valence electrons. The second-order valence-electron chi connectivity index (χ2n) is 6.78. The summed E-state index contributed by atoms with van der Waals surface area (Å²) in [6.07, 6.45) is -0.705. The van der Waals surface area contributed by atoms with Gasteiger partial charge < -0.3 is 19.3 Å². The standard InChI is InChI=1S/C22H16FN3O4S/c23-14-7-5-13(6-8-14)20-25-22(30-26-20)19-10-9-15(31-19)11-24-21(27)18-12-28-16-3-1-2-4-17(16)29-18/h1-10,18H,11-12H2,(H,24,27)/t18-/m0/s1. The minimum absolute atomic E-state index is 0.159. The predicted octanol–water partition coefficient (Wildman–Crippen LogP) is 4.06. The van der Waals surface area contributed by atoms with Crippen molar-refractivity contribution >= 4 is 17.2 Å². The molecule has 7 nitrogen and oxygen atoms in total. The highest BCUT2D eigenvalue weighted by Crippen LogP contribution is 2.31. The lowest BCUT2D eigenvalue weighted by molar-refractivity contribution is -0.130. The highest BCUT2D eigenvalue weighted by molar-refractivity contribution is 7.15. The van der Waals surface area contributed by atoms with Gasteiger partial charge in [0.1, 0.15) is 12.4 Å². The lowest BCUT2D eigenvalue weighted by Crippen LogP contribution is -2.43. The van der Waals surface area contributed by atoms with Gasteiger partial charge in [0, 0.05) is 10.4 Å².